The number of rotatable bonds is 5. The second kappa shape index (κ2) is 6.43. The molecule has 20 heavy (non-hydrogen) atoms. The van der Waals surface area contributed by atoms with Crippen molar-refractivity contribution in [1.29, 1.82) is 0 Å². The first-order valence-electron chi connectivity index (χ1n) is 7.12. The quantitative estimate of drug-likeness (QED) is 0.742. The summed E-state index contributed by atoms with van der Waals surface area (Å²) in [7, 11) is -3.26. The normalized spacial score (nSPS) is 13.2. The lowest BCUT2D eigenvalue weighted by atomic mass is 9.87. The van der Waals surface area contributed by atoms with Gasteiger partial charge in [-0.1, -0.05) is 32.9 Å². The van der Waals surface area contributed by atoms with Crippen molar-refractivity contribution >= 4 is 12.9 Å². The van der Waals surface area contributed by atoms with Crippen molar-refractivity contribution in [2.24, 2.45) is 0 Å². The molecule has 0 aliphatic carbocycles. The van der Waals surface area contributed by atoms with Gasteiger partial charge in [-0.25, -0.2) is 0 Å². The monoisotopic (exact) mass is 298 g/mol. The molecule has 0 fully saturated rings. The molecule has 3 nitrogen and oxygen atoms in total. The van der Waals surface area contributed by atoms with Gasteiger partial charge in [-0.15, -0.1) is 0 Å². The van der Waals surface area contributed by atoms with Gasteiger partial charge in [-0.3, -0.25) is 4.57 Å². The fraction of sp³-hybridized carbons (Fsp3) is 0.625. The van der Waals surface area contributed by atoms with Crippen molar-refractivity contribution < 1.29 is 13.6 Å². The lowest BCUT2D eigenvalue weighted by Crippen LogP contribution is -2.18. The zero-order valence-electron chi connectivity index (χ0n) is 13.6. The Morgan fingerprint density at radius 3 is 1.60 bits per heavy atom. The lowest BCUT2D eigenvalue weighted by Gasteiger charge is -2.24. The number of benzene rings is 1. The van der Waals surface area contributed by atoms with Crippen molar-refractivity contribution in [1.82, 2.24) is 0 Å². The summed E-state index contributed by atoms with van der Waals surface area (Å²) in [5.74, 6) is 0. The Hall–Kier alpha value is -0.630. The SMILES string of the molecule is CC(C)OP(=O)(OC(C)C)c1ccc(C(C)(C)C)cc1. The highest BCUT2D eigenvalue weighted by molar-refractivity contribution is 7.62. The van der Waals surface area contributed by atoms with Crippen LogP contribution in [0.15, 0.2) is 24.3 Å². The first kappa shape index (κ1) is 17.4. The maximum absolute atomic E-state index is 13.0. The first-order chi connectivity index (χ1) is 9.04. The standard InChI is InChI=1S/C16H27O3P/c1-12(2)18-20(17,19-13(3)4)15-10-8-14(9-11-15)16(5,6)7/h8-13H,1-7H3. The van der Waals surface area contributed by atoms with Crippen LogP contribution in [0.3, 0.4) is 0 Å². The summed E-state index contributed by atoms with van der Waals surface area (Å²) < 4.78 is 24.1. The highest BCUT2D eigenvalue weighted by atomic mass is 31.2. The molecule has 0 amide bonds. The first-order valence-corrected chi connectivity index (χ1v) is 8.67. The Balaban J connectivity index is 3.12. The van der Waals surface area contributed by atoms with Gasteiger partial charge in [0.2, 0.25) is 0 Å². The minimum absolute atomic E-state index is 0.0698. The average Bonchev–Trinajstić information content (AvgIpc) is 2.25. The minimum Gasteiger partial charge on any atom is -0.302 e. The average molecular weight is 298 g/mol. The molecule has 1 aromatic carbocycles. The van der Waals surface area contributed by atoms with Crippen LogP contribution in [0.25, 0.3) is 0 Å². The Morgan fingerprint density at radius 1 is 0.900 bits per heavy atom. The van der Waals surface area contributed by atoms with Gasteiger partial charge in [0.15, 0.2) is 0 Å². The van der Waals surface area contributed by atoms with Gasteiger partial charge in [0.25, 0.3) is 0 Å². The van der Waals surface area contributed by atoms with Gasteiger partial charge in [0.1, 0.15) is 0 Å². The van der Waals surface area contributed by atoms with E-state index in [0.717, 1.165) is 0 Å². The Bertz CT molecular complexity index is 455. The van der Waals surface area contributed by atoms with E-state index in [1.54, 1.807) is 0 Å². The molecular weight excluding hydrogens is 271 g/mol. The van der Waals surface area contributed by atoms with Crippen LogP contribution < -0.4 is 5.30 Å². The zero-order valence-corrected chi connectivity index (χ0v) is 14.5. The molecule has 0 saturated heterocycles. The van der Waals surface area contributed by atoms with Crippen molar-refractivity contribution in [3.8, 4) is 0 Å². The molecule has 0 radical (unpaired) electrons. The molecule has 0 aliphatic rings. The molecule has 0 N–H and O–H groups in total. The molecule has 0 saturated carbocycles. The summed E-state index contributed by atoms with van der Waals surface area (Å²) in [6.45, 7) is 13.9. The second-order valence-corrected chi connectivity index (χ2v) is 8.54. The van der Waals surface area contributed by atoms with Crippen LogP contribution in [0.1, 0.15) is 54.0 Å². The third-order valence-corrected chi connectivity index (χ3v) is 5.08. The Morgan fingerprint density at radius 2 is 1.30 bits per heavy atom. The van der Waals surface area contributed by atoms with Gasteiger partial charge in [-0.05, 0) is 50.8 Å². The van der Waals surface area contributed by atoms with Gasteiger partial charge in [0.05, 0.1) is 17.5 Å². The molecule has 0 bridgehead atoms. The molecule has 0 aromatic heterocycles. The van der Waals surface area contributed by atoms with Crippen LogP contribution in [0, 0.1) is 0 Å². The van der Waals surface area contributed by atoms with E-state index >= 15 is 0 Å². The molecule has 1 aromatic rings. The van der Waals surface area contributed by atoms with Gasteiger partial charge >= 0.3 is 7.60 Å². The predicted molar refractivity (Wildman–Crippen MR) is 84.8 cm³/mol. The van der Waals surface area contributed by atoms with E-state index in [2.05, 4.69) is 20.8 Å². The topological polar surface area (TPSA) is 35.5 Å². The highest BCUT2D eigenvalue weighted by Crippen LogP contribution is 2.49. The summed E-state index contributed by atoms with van der Waals surface area (Å²) in [5, 5.41) is 0.618. The fourth-order valence-corrected chi connectivity index (χ4v) is 3.76. The van der Waals surface area contributed by atoms with Crippen molar-refractivity contribution in [2.45, 2.75) is 66.1 Å². The molecule has 1 rings (SSSR count). The summed E-state index contributed by atoms with van der Waals surface area (Å²) >= 11 is 0. The van der Waals surface area contributed by atoms with E-state index in [1.807, 2.05) is 52.0 Å². The number of hydrogen-bond donors (Lipinski definition) is 0. The lowest BCUT2D eigenvalue weighted by molar-refractivity contribution is 0.150. The number of hydrogen-bond acceptors (Lipinski definition) is 3. The molecule has 0 aliphatic heterocycles. The summed E-state index contributed by atoms with van der Waals surface area (Å²) in [6, 6.07) is 7.70. The van der Waals surface area contributed by atoms with Gasteiger partial charge < -0.3 is 9.05 Å². The largest absolute Gasteiger partial charge is 0.361 e. The van der Waals surface area contributed by atoms with E-state index in [-0.39, 0.29) is 17.6 Å². The zero-order chi connectivity index (χ0) is 15.6. The summed E-state index contributed by atoms with van der Waals surface area (Å²) in [6.07, 6.45) is -0.302. The van der Waals surface area contributed by atoms with E-state index in [9.17, 15) is 4.57 Å². The van der Waals surface area contributed by atoms with E-state index < -0.39 is 7.60 Å². The highest BCUT2D eigenvalue weighted by Gasteiger charge is 2.30. The van der Waals surface area contributed by atoms with Crippen LogP contribution >= 0.6 is 7.60 Å². The maximum atomic E-state index is 13.0. The van der Waals surface area contributed by atoms with Crippen LogP contribution in [-0.4, -0.2) is 12.2 Å². The summed E-state index contributed by atoms with van der Waals surface area (Å²) in [5.41, 5.74) is 1.27. The van der Waals surface area contributed by atoms with E-state index in [1.165, 1.54) is 5.56 Å². The van der Waals surface area contributed by atoms with Gasteiger partial charge in [-0.2, -0.15) is 0 Å². The van der Waals surface area contributed by atoms with Crippen LogP contribution in [0.2, 0.25) is 0 Å². The summed E-state index contributed by atoms with van der Waals surface area (Å²) in [4.78, 5) is 0. The van der Waals surface area contributed by atoms with E-state index in [0.29, 0.717) is 5.30 Å². The van der Waals surface area contributed by atoms with Gasteiger partial charge in [0, 0.05) is 0 Å². The van der Waals surface area contributed by atoms with Crippen molar-refractivity contribution in [3.05, 3.63) is 29.8 Å². The maximum Gasteiger partial charge on any atom is 0.361 e. The third kappa shape index (κ3) is 4.73. The molecule has 0 atom stereocenters. The predicted octanol–water partition coefficient (Wildman–Crippen LogP) is 4.65. The molecule has 114 valence electrons. The smallest absolute Gasteiger partial charge is 0.302 e. The van der Waals surface area contributed by atoms with Crippen LogP contribution in [-0.2, 0) is 19.0 Å². The molecule has 4 heteroatoms. The Kier molecular flexibility index (Phi) is 5.60. The fourth-order valence-electron chi connectivity index (χ4n) is 1.85. The molecule has 0 unspecified atom stereocenters. The van der Waals surface area contributed by atoms with Crippen molar-refractivity contribution in [2.75, 3.05) is 0 Å². The van der Waals surface area contributed by atoms with E-state index in [4.69, 9.17) is 9.05 Å². The molecule has 0 heterocycles. The van der Waals surface area contributed by atoms with Crippen LogP contribution in [0.4, 0.5) is 0 Å². The molecule has 0 spiro atoms. The second-order valence-electron chi connectivity index (χ2n) is 6.60. The minimum atomic E-state index is -3.26. The Labute approximate surface area is 123 Å². The third-order valence-electron chi connectivity index (χ3n) is 2.75. The molecular formula is C16H27O3P. The van der Waals surface area contributed by atoms with Crippen molar-refractivity contribution in [3.63, 3.8) is 0 Å². The van der Waals surface area contributed by atoms with Crippen LogP contribution in [0.5, 0.6) is 0 Å².